The van der Waals surface area contributed by atoms with E-state index in [1.165, 1.54) is 30.4 Å². The van der Waals surface area contributed by atoms with Crippen molar-refractivity contribution in [3.8, 4) is 0 Å². The van der Waals surface area contributed by atoms with Crippen molar-refractivity contribution in [2.75, 3.05) is 0 Å². The van der Waals surface area contributed by atoms with Gasteiger partial charge in [0.25, 0.3) is 0 Å². The Kier molecular flexibility index (Phi) is 5.04. The average Bonchev–Trinajstić information content (AvgIpc) is 2.44. The molecule has 1 N–H and O–H groups in total. The molecule has 0 radical (unpaired) electrons. The topological polar surface area (TPSA) is 12.0 Å². The van der Waals surface area contributed by atoms with Gasteiger partial charge >= 0.3 is 0 Å². The molecule has 1 fully saturated rings. The van der Waals surface area contributed by atoms with Crippen LogP contribution in [-0.4, -0.2) is 6.04 Å². The maximum atomic E-state index is 3.85. The fraction of sp³-hybridized carbons (Fsp3) is 0.667. The molecule has 0 heterocycles. The monoisotopic (exact) mass is 259 g/mol. The molecular weight excluding hydrogens is 230 g/mol. The van der Waals surface area contributed by atoms with Gasteiger partial charge in [0.1, 0.15) is 0 Å². The number of benzene rings is 1. The van der Waals surface area contributed by atoms with Gasteiger partial charge in [0.15, 0.2) is 0 Å². The van der Waals surface area contributed by atoms with Crippen LogP contribution in [-0.2, 0) is 6.42 Å². The summed E-state index contributed by atoms with van der Waals surface area (Å²) in [7, 11) is 0. The largest absolute Gasteiger partial charge is 0.307 e. The van der Waals surface area contributed by atoms with E-state index in [1.807, 2.05) is 0 Å². The average molecular weight is 259 g/mol. The summed E-state index contributed by atoms with van der Waals surface area (Å²) in [6.45, 7) is 9.32. The van der Waals surface area contributed by atoms with E-state index in [0.29, 0.717) is 12.1 Å². The van der Waals surface area contributed by atoms with E-state index in [1.54, 1.807) is 0 Å². The Morgan fingerprint density at radius 3 is 2.47 bits per heavy atom. The molecule has 0 aliphatic heterocycles. The van der Waals surface area contributed by atoms with Gasteiger partial charge in [-0.1, -0.05) is 57.9 Å². The molecular formula is C18H29N. The van der Waals surface area contributed by atoms with Crippen LogP contribution >= 0.6 is 0 Å². The zero-order valence-electron chi connectivity index (χ0n) is 12.9. The molecule has 1 aromatic rings. The maximum Gasteiger partial charge on any atom is 0.0294 e. The second-order valence-corrected chi connectivity index (χ2v) is 6.36. The summed E-state index contributed by atoms with van der Waals surface area (Å²) < 4.78 is 0. The molecule has 1 saturated carbocycles. The van der Waals surface area contributed by atoms with Crippen molar-refractivity contribution in [3.63, 3.8) is 0 Å². The molecule has 1 heteroatoms. The molecule has 0 aromatic heterocycles. The fourth-order valence-corrected chi connectivity index (χ4v) is 3.28. The lowest BCUT2D eigenvalue weighted by Gasteiger charge is -2.36. The van der Waals surface area contributed by atoms with Crippen LogP contribution in [0.4, 0.5) is 0 Å². The van der Waals surface area contributed by atoms with Crippen LogP contribution in [0, 0.1) is 11.8 Å². The first kappa shape index (κ1) is 14.6. The molecule has 0 spiro atoms. The summed E-state index contributed by atoms with van der Waals surface area (Å²) in [6, 6.07) is 10.2. The van der Waals surface area contributed by atoms with E-state index >= 15 is 0 Å². The first-order valence-electron chi connectivity index (χ1n) is 7.96. The third kappa shape index (κ3) is 3.60. The van der Waals surface area contributed by atoms with Gasteiger partial charge in [-0.25, -0.2) is 0 Å². The lowest BCUT2D eigenvalue weighted by atomic mass is 9.77. The van der Waals surface area contributed by atoms with Crippen LogP contribution in [0.5, 0.6) is 0 Å². The number of hydrogen-bond donors (Lipinski definition) is 1. The molecule has 19 heavy (non-hydrogen) atoms. The van der Waals surface area contributed by atoms with E-state index in [9.17, 15) is 0 Å². The van der Waals surface area contributed by atoms with Crippen LogP contribution in [0.15, 0.2) is 24.3 Å². The van der Waals surface area contributed by atoms with Crippen molar-refractivity contribution in [1.82, 2.24) is 5.32 Å². The highest BCUT2D eigenvalue weighted by Crippen LogP contribution is 2.31. The van der Waals surface area contributed by atoms with Crippen molar-refractivity contribution < 1.29 is 0 Å². The highest BCUT2D eigenvalue weighted by Gasteiger charge is 2.27. The third-order valence-corrected chi connectivity index (χ3v) is 5.06. The van der Waals surface area contributed by atoms with Crippen LogP contribution in [0.1, 0.15) is 64.1 Å². The maximum absolute atomic E-state index is 3.85. The van der Waals surface area contributed by atoms with Crippen LogP contribution in [0.25, 0.3) is 0 Å². The van der Waals surface area contributed by atoms with E-state index in [-0.39, 0.29) is 0 Å². The lowest BCUT2D eigenvalue weighted by Crippen LogP contribution is -2.41. The van der Waals surface area contributed by atoms with Crippen molar-refractivity contribution in [1.29, 1.82) is 0 Å². The predicted octanol–water partition coefficient (Wildman–Crippen LogP) is 4.72. The fourth-order valence-electron chi connectivity index (χ4n) is 3.28. The van der Waals surface area contributed by atoms with E-state index in [0.717, 1.165) is 18.3 Å². The number of rotatable bonds is 4. The molecule has 0 bridgehead atoms. The first-order chi connectivity index (χ1) is 9.11. The summed E-state index contributed by atoms with van der Waals surface area (Å²) in [5.41, 5.74) is 2.85. The van der Waals surface area contributed by atoms with Gasteiger partial charge in [-0.2, -0.15) is 0 Å². The number of nitrogens with one attached hydrogen (secondary N) is 1. The third-order valence-electron chi connectivity index (χ3n) is 5.06. The molecule has 4 unspecified atom stereocenters. The van der Waals surface area contributed by atoms with Crippen molar-refractivity contribution in [2.45, 2.75) is 65.5 Å². The highest BCUT2D eigenvalue weighted by atomic mass is 15.0. The van der Waals surface area contributed by atoms with Crippen LogP contribution in [0.2, 0.25) is 0 Å². The van der Waals surface area contributed by atoms with E-state index < -0.39 is 0 Å². The lowest BCUT2D eigenvalue weighted by molar-refractivity contribution is 0.196. The molecule has 1 aromatic carbocycles. The zero-order chi connectivity index (χ0) is 13.8. The Morgan fingerprint density at radius 1 is 1.16 bits per heavy atom. The predicted molar refractivity (Wildman–Crippen MR) is 83.3 cm³/mol. The van der Waals surface area contributed by atoms with E-state index in [2.05, 4.69) is 57.3 Å². The second-order valence-electron chi connectivity index (χ2n) is 6.36. The van der Waals surface area contributed by atoms with Gasteiger partial charge in [0.2, 0.25) is 0 Å². The molecule has 106 valence electrons. The van der Waals surface area contributed by atoms with Crippen LogP contribution < -0.4 is 5.32 Å². The van der Waals surface area contributed by atoms with Gasteiger partial charge in [-0.15, -0.1) is 0 Å². The van der Waals surface area contributed by atoms with Crippen LogP contribution in [0.3, 0.4) is 0 Å². The van der Waals surface area contributed by atoms with Crippen molar-refractivity contribution >= 4 is 0 Å². The molecule has 0 saturated heterocycles. The van der Waals surface area contributed by atoms with E-state index in [4.69, 9.17) is 0 Å². The molecule has 4 atom stereocenters. The summed E-state index contributed by atoms with van der Waals surface area (Å²) >= 11 is 0. The molecule has 1 nitrogen and oxygen atoms in total. The number of aryl methyl sites for hydroxylation is 1. The Labute approximate surface area is 118 Å². The smallest absolute Gasteiger partial charge is 0.0294 e. The van der Waals surface area contributed by atoms with Gasteiger partial charge < -0.3 is 5.32 Å². The summed E-state index contributed by atoms with van der Waals surface area (Å²) in [5.74, 6) is 1.66. The van der Waals surface area contributed by atoms with Gasteiger partial charge in [0.05, 0.1) is 0 Å². The minimum Gasteiger partial charge on any atom is -0.307 e. The molecule has 1 aliphatic carbocycles. The molecule has 2 rings (SSSR count). The zero-order valence-corrected chi connectivity index (χ0v) is 12.9. The molecule has 1 aliphatic rings. The quantitative estimate of drug-likeness (QED) is 0.824. The van der Waals surface area contributed by atoms with Gasteiger partial charge in [0, 0.05) is 12.1 Å². The second kappa shape index (κ2) is 6.56. The number of hydrogen-bond acceptors (Lipinski definition) is 1. The molecule has 0 amide bonds. The van der Waals surface area contributed by atoms with Crippen molar-refractivity contribution in [2.24, 2.45) is 11.8 Å². The Hall–Kier alpha value is -0.820. The summed E-state index contributed by atoms with van der Waals surface area (Å²) in [6.07, 6.45) is 5.24. The van der Waals surface area contributed by atoms with Gasteiger partial charge in [-0.05, 0) is 42.7 Å². The highest BCUT2D eigenvalue weighted by molar-refractivity contribution is 5.24. The SMILES string of the molecule is CCc1ccc(C(C)NC2CCCC(C)C2C)cc1. The Bertz CT molecular complexity index is 381. The minimum atomic E-state index is 0.462. The van der Waals surface area contributed by atoms with Crippen molar-refractivity contribution in [3.05, 3.63) is 35.4 Å². The standard InChI is InChI=1S/C18H29N/c1-5-16-9-11-17(12-10-16)15(4)19-18-8-6-7-13(2)14(18)3/h9-15,18-19H,5-8H2,1-4H3. The Balaban J connectivity index is 1.97. The minimum absolute atomic E-state index is 0.462. The first-order valence-corrected chi connectivity index (χ1v) is 7.96. The Morgan fingerprint density at radius 2 is 1.84 bits per heavy atom. The van der Waals surface area contributed by atoms with Gasteiger partial charge in [-0.3, -0.25) is 0 Å². The summed E-state index contributed by atoms with van der Waals surface area (Å²) in [5, 5.41) is 3.85. The summed E-state index contributed by atoms with van der Waals surface area (Å²) in [4.78, 5) is 0. The normalized spacial score (nSPS) is 29.2.